The Balaban J connectivity index is 1.62. The monoisotopic (exact) mass is 404 g/mol. The van der Waals surface area contributed by atoms with Crippen molar-refractivity contribution in [2.24, 2.45) is 7.05 Å². The number of fused-ring (bicyclic) bond motifs is 1. The predicted octanol–water partition coefficient (Wildman–Crippen LogP) is 4.68. The van der Waals surface area contributed by atoms with Gasteiger partial charge < -0.3 is 0 Å². The van der Waals surface area contributed by atoms with Crippen LogP contribution in [0.2, 0.25) is 5.15 Å². The number of benzene rings is 1. The quantitative estimate of drug-likeness (QED) is 0.410. The van der Waals surface area contributed by atoms with Crippen LogP contribution in [0.3, 0.4) is 0 Å². The number of pyridine rings is 2. The summed E-state index contributed by atoms with van der Waals surface area (Å²) in [5.74, 6) is 0.117. The van der Waals surface area contributed by atoms with Crippen LogP contribution in [0.25, 0.3) is 39.2 Å². The smallest absolute Gasteiger partial charge is 0.149 e. The lowest BCUT2D eigenvalue weighted by atomic mass is 10.1. The molecule has 6 nitrogen and oxygen atoms in total. The molecular weight excluding hydrogens is 391 g/mol. The maximum Gasteiger partial charge on any atom is 0.149 e. The van der Waals surface area contributed by atoms with Gasteiger partial charge in [0.2, 0.25) is 0 Å². The highest BCUT2D eigenvalue weighted by Crippen LogP contribution is 2.28. The van der Waals surface area contributed by atoms with E-state index >= 15 is 0 Å². The largest absolute Gasteiger partial charge is 0.283 e. The van der Waals surface area contributed by atoms with E-state index in [9.17, 15) is 4.39 Å². The highest BCUT2D eigenvalue weighted by Gasteiger charge is 2.13. The van der Waals surface area contributed by atoms with Crippen LogP contribution in [0.4, 0.5) is 4.39 Å². The molecular formula is C21H14ClFN6. The Labute approximate surface area is 170 Å². The molecule has 0 bridgehead atoms. The molecule has 4 heterocycles. The fourth-order valence-electron chi connectivity index (χ4n) is 3.29. The summed E-state index contributed by atoms with van der Waals surface area (Å²) >= 11 is 6.22. The first-order valence-corrected chi connectivity index (χ1v) is 9.21. The first kappa shape index (κ1) is 17.5. The molecule has 0 saturated heterocycles. The van der Waals surface area contributed by atoms with Crippen LogP contribution in [-0.4, -0.2) is 29.3 Å². The first-order valence-electron chi connectivity index (χ1n) is 8.83. The van der Waals surface area contributed by atoms with Crippen LogP contribution in [0, 0.1) is 5.82 Å². The normalized spacial score (nSPS) is 11.3. The molecule has 5 rings (SSSR count). The molecule has 1 aromatic carbocycles. The van der Waals surface area contributed by atoms with Crippen LogP contribution in [0.5, 0.6) is 0 Å². The van der Waals surface area contributed by atoms with Gasteiger partial charge in [0, 0.05) is 30.6 Å². The van der Waals surface area contributed by atoms with E-state index in [1.807, 2.05) is 42.2 Å². The minimum absolute atomic E-state index is 0.223. The molecule has 0 fully saturated rings. The standard InChI is InChI=1S/C21H14ClFN6/c1-28-11-15(10-26-28)13-4-5-18-17(7-13)25-12-29(18)20-9-14(8-19(22)27-20)21-16(23)3-2-6-24-21/h2-12H,1H3. The van der Waals surface area contributed by atoms with Gasteiger partial charge in [0.25, 0.3) is 0 Å². The average Bonchev–Trinajstić information content (AvgIpc) is 3.33. The Kier molecular flexibility index (Phi) is 4.10. The van der Waals surface area contributed by atoms with E-state index in [4.69, 9.17) is 11.6 Å². The number of hydrogen-bond donors (Lipinski definition) is 0. The molecule has 0 aliphatic rings. The summed E-state index contributed by atoms with van der Waals surface area (Å²) in [6.45, 7) is 0. The lowest BCUT2D eigenvalue weighted by molar-refractivity contribution is 0.625. The van der Waals surface area contributed by atoms with E-state index in [1.165, 1.54) is 6.07 Å². The lowest BCUT2D eigenvalue weighted by Crippen LogP contribution is -1.98. The van der Waals surface area contributed by atoms with Crippen molar-refractivity contribution >= 4 is 22.6 Å². The van der Waals surface area contributed by atoms with Crippen molar-refractivity contribution in [2.75, 3.05) is 0 Å². The van der Waals surface area contributed by atoms with E-state index in [-0.39, 0.29) is 10.8 Å². The van der Waals surface area contributed by atoms with Gasteiger partial charge in [-0.05, 0) is 42.0 Å². The number of aryl methyl sites for hydroxylation is 1. The number of hydrogen-bond acceptors (Lipinski definition) is 4. The second-order valence-electron chi connectivity index (χ2n) is 6.59. The van der Waals surface area contributed by atoms with Crippen LogP contribution in [-0.2, 0) is 7.05 Å². The maximum atomic E-state index is 14.2. The van der Waals surface area contributed by atoms with Crippen molar-refractivity contribution in [1.82, 2.24) is 29.3 Å². The predicted molar refractivity (Wildman–Crippen MR) is 109 cm³/mol. The molecule has 0 radical (unpaired) electrons. The van der Waals surface area contributed by atoms with Crippen LogP contribution >= 0.6 is 11.6 Å². The molecule has 0 atom stereocenters. The molecule has 8 heteroatoms. The summed E-state index contributed by atoms with van der Waals surface area (Å²) in [7, 11) is 1.88. The van der Waals surface area contributed by atoms with Crippen molar-refractivity contribution in [3.8, 4) is 28.2 Å². The summed E-state index contributed by atoms with van der Waals surface area (Å²) < 4.78 is 17.8. The summed E-state index contributed by atoms with van der Waals surface area (Å²) in [6, 6.07) is 12.2. The summed E-state index contributed by atoms with van der Waals surface area (Å²) in [4.78, 5) is 13.0. The molecule has 0 amide bonds. The third-order valence-electron chi connectivity index (χ3n) is 4.64. The van der Waals surface area contributed by atoms with Gasteiger partial charge in [0.15, 0.2) is 0 Å². The van der Waals surface area contributed by atoms with Gasteiger partial charge >= 0.3 is 0 Å². The minimum atomic E-state index is -0.419. The second-order valence-corrected chi connectivity index (χ2v) is 6.98. The van der Waals surface area contributed by atoms with Crippen LogP contribution < -0.4 is 0 Å². The van der Waals surface area contributed by atoms with E-state index in [1.54, 1.807) is 35.4 Å². The van der Waals surface area contributed by atoms with E-state index in [0.29, 0.717) is 11.4 Å². The molecule has 29 heavy (non-hydrogen) atoms. The number of aromatic nitrogens is 6. The van der Waals surface area contributed by atoms with Gasteiger partial charge in [-0.3, -0.25) is 14.2 Å². The number of rotatable bonds is 3. The molecule has 0 saturated carbocycles. The second kappa shape index (κ2) is 6.79. The van der Waals surface area contributed by atoms with Crippen molar-refractivity contribution < 1.29 is 4.39 Å². The molecule has 5 aromatic rings. The van der Waals surface area contributed by atoms with E-state index in [2.05, 4.69) is 20.1 Å². The van der Waals surface area contributed by atoms with E-state index in [0.717, 1.165) is 22.2 Å². The van der Waals surface area contributed by atoms with Crippen molar-refractivity contribution in [2.45, 2.75) is 0 Å². The maximum absolute atomic E-state index is 14.2. The Bertz CT molecular complexity index is 1360. The Morgan fingerprint density at radius 3 is 2.69 bits per heavy atom. The van der Waals surface area contributed by atoms with Crippen LogP contribution in [0.1, 0.15) is 0 Å². The lowest BCUT2D eigenvalue weighted by Gasteiger charge is -2.08. The van der Waals surface area contributed by atoms with Crippen molar-refractivity contribution in [1.29, 1.82) is 0 Å². The van der Waals surface area contributed by atoms with Gasteiger partial charge in [-0.1, -0.05) is 17.7 Å². The van der Waals surface area contributed by atoms with Gasteiger partial charge in [0.1, 0.15) is 28.8 Å². The summed E-state index contributed by atoms with van der Waals surface area (Å²) in [5, 5.41) is 4.46. The van der Waals surface area contributed by atoms with Crippen molar-refractivity contribution in [3.63, 3.8) is 0 Å². The summed E-state index contributed by atoms with van der Waals surface area (Å²) in [6.07, 6.45) is 6.97. The topological polar surface area (TPSA) is 61.4 Å². The van der Waals surface area contributed by atoms with Gasteiger partial charge in [-0.25, -0.2) is 14.4 Å². The SMILES string of the molecule is Cn1cc(-c2ccc3c(c2)ncn3-c2cc(-c3ncccc3F)cc(Cl)n2)cn1. The molecule has 0 spiro atoms. The first-order chi connectivity index (χ1) is 14.1. The number of nitrogens with zero attached hydrogens (tertiary/aromatic N) is 6. The highest BCUT2D eigenvalue weighted by atomic mass is 35.5. The number of halogens is 2. The van der Waals surface area contributed by atoms with E-state index < -0.39 is 5.82 Å². The molecule has 0 N–H and O–H groups in total. The van der Waals surface area contributed by atoms with Crippen LogP contribution in [0.15, 0.2) is 67.4 Å². The number of imidazole rings is 1. The Morgan fingerprint density at radius 2 is 1.90 bits per heavy atom. The zero-order valence-electron chi connectivity index (χ0n) is 15.3. The molecule has 0 aliphatic carbocycles. The minimum Gasteiger partial charge on any atom is -0.283 e. The molecule has 4 aromatic heterocycles. The fraction of sp³-hybridized carbons (Fsp3) is 0.0476. The average molecular weight is 405 g/mol. The van der Waals surface area contributed by atoms with Gasteiger partial charge in [-0.15, -0.1) is 0 Å². The Morgan fingerprint density at radius 1 is 1.00 bits per heavy atom. The summed E-state index contributed by atoms with van der Waals surface area (Å²) in [5.41, 5.74) is 4.47. The molecule has 0 aliphatic heterocycles. The zero-order valence-corrected chi connectivity index (χ0v) is 16.0. The molecule has 142 valence electrons. The third kappa shape index (κ3) is 3.15. The fourth-order valence-corrected chi connectivity index (χ4v) is 3.49. The van der Waals surface area contributed by atoms with Crippen molar-refractivity contribution in [3.05, 3.63) is 78.4 Å². The van der Waals surface area contributed by atoms with Gasteiger partial charge in [-0.2, -0.15) is 5.10 Å². The molecule has 0 unspecified atom stereocenters. The van der Waals surface area contributed by atoms with Gasteiger partial charge in [0.05, 0.1) is 17.2 Å². The Hall–Kier alpha value is -3.58. The highest BCUT2D eigenvalue weighted by molar-refractivity contribution is 6.29. The zero-order chi connectivity index (χ0) is 20.0. The third-order valence-corrected chi connectivity index (χ3v) is 4.84.